The van der Waals surface area contributed by atoms with Crippen LogP contribution in [0.3, 0.4) is 0 Å². The summed E-state index contributed by atoms with van der Waals surface area (Å²) in [7, 11) is 0. The first-order chi connectivity index (χ1) is 6.62. The Morgan fingerprint density at radius 2 is 1.27 bits per heavy atom. The van der Waals surface area contributed by atoms with Gasteiger partial charge in [-0.1, -0.05) is 15.9 Å². The third kappa shape index (κ3) is 2.87. The molecule has 0 aliphatic rings. The number of hydrogen-bond acceptors (Lipinski definition) is 0. The second kappa shape index (κ2) is 3.70. The molecule has 0 aliphatic heterocycles. The van der Waals surface area contributed by atoms with Crippen molar-refractivity contribution in [3.05, 3.63) is 33.8 Å². The predicted octanol–water partition coefficient (Wildman–Crippen LogP) is 4.49. The van der Waals surface area contributed by atoms with E-state index in [9.17, 15) is 26.3 Å². The molecule has 0 saturated carbocycles. The average molecular weight is 293 g/mol. The highest BCUT2D eigenvalue weighted by Gasteiger charge is 2.42. The van der Waals surface area contributed by atoms with E-state index < -0.39 is 23.5 Å². The van der Waals surface area contributed by atoms with Gasteiger partial charge in [0.15, 0.2) is 0 Å². The highest BCUT2D eigenvalue weighted by molar-refractivity contribution is 9.10. The maximum absolute atomic E-state index is 12.2. The van der Waals surface area contributed by atoms with Crippen LogP contribution in [0.5, 0.6) is 0 Å². The van der Waals surface area contributed by atoms with Crippen molar-refractivity contribution in [2.24, 2.45) is 0 Å². The lowest BCUT2D eigenvalue weighted by atomic mass is 10.1. The van der Waals surface area contributed by atoms with Gasteiger partial charge in [0.2, 0.25) is 0 Å². The van der Waals surface area contributed by atoms with Crippen LogP contribution in [0.4, 0.5) is 26.3 Å². The highest BCUT2D eigenvalue weighted by atomic mass is 79.9. The Kier molecular flexibility index (Phi) is 3.04. The summed E-state index contributed by atoms with van der Waals surface area (Å²) < 4.78 is 73.2. The van der Waals surface area contributed by atoms with Crippen molar-refractivity contribution in [1.29, 1.82) is 0 Å². The van der Waals surface area contributed by atoms with Gasteiger partial charge in [-0.25, -0.2) is 0 Å². The third-order valence-electron chi connectivity index (χ3n) is 1.59. The smallest absolute Gasteiger partial charge is 0.166 e. The molecular formula is C8H3BrF6. The Morgan fingerprint density at radius 1 is 0.800 bits per heavy atom. The molecule has 0 unspecified atom stereocenters. The Hall–Kier alpha value is -0.720. The van der Waals surface area contributed by atoms with Gasteiger partial charge in [-0.05, 0) is 18.2 Å². The third-order valence-corrected chi connectivity index (χ3v) is 2.09. The molecule has 7 heteroatoms. The summed E-state index contributed by atoms with van der Waals surface area (Å²) >= 11 is 2.69. The van der Waals surface area contributed by atoms with E-state index >= 15 is 0 Å². The molecule has 0 amide bonds. The summed E-state index contributed by atoms with van der Waals surface area (Å²) in [6.45, 7) is 0. The van der Waals surface area contributed by atoms with Crippen LogP contribution >= 0.6 is 15.9 Å². The van der Waals surface area contributed by atoms with Gasteiger partial charge in [0, 0.05) is 4.47 Å². The van der Waals surface area contributed by atoms with Crippen LogP contribution in [0.25, 0.3) is 0 Å². The van der Waals surface area contributed by atoms with E-state index in [0.29, 0.717) is 12.1 Å². The predicted molar refractivity (Wildman–Crippen MR) is 44.1 cm³/mol. The first kappa shape index (κ1) is 12.4. The molecule has 0 fully saturated rings. The van der Waals surface area contributed by atoms with Gasteiger partial charge in [-0.15, -0.1) is 0 Å². The van der Waals surface area contributed by atoms with E-state index in [-0.39, 0.29) is 4.47 Å². The average Bonchev–Trinajstić information content (AvgIpc) is 2.00. The lowest BCUT2D eigenvalue weighted by molar-refractivity contribution is -0.162. The normalized spacial score (nSPS) is 13.0. The molecule has 0 saturated heterocycles. The second-order valence-electron chi connectivity index (χ2n) is 2.69. The molecule has 0 aromatic heterocycles. The molecule has 1 aromatic rings. The van der Waals surface area contributed by atoms with Crippen molar-refractivity contribution in [2.75, 3.05) is 0 Å². The van der Waals surface area contributed by atoms with Crippen molar-refractivity contribution < 1.29 is 26.3 Å². The molecule has 0 aliphatic carbocycles. The molecule has 0 nitrogen and oxygen atoms in total. The fraction of sp³-hybridized carbons (Fsp3) is 0.250. The molecule has 84 valence electrons. The first-order valence-corrected chi connectivity index (χ1v) is 4.35. The van der Waals surface area contributed by atoms with Gasteiger partial charge in [0.05, 0.1) is 11.1 Å². The standard InChI is InChI=1S/C8H3BrF6/c9-4-1-2-5(7(10,11)12)6(3-4)8(13,14)15/h1-3H. The van der Waals surface area contributed by atoms with Crippen LogP contribution in [0.15, 0.2) is 22.7 Å². The molecule has 0 spiro atoms. The van der Waals surface area contributed by atoms with E-state index in [1.54, 1.807) is 0 Å². The van der Waals surface area contributed by atoms with Gasteiger partial charge >= 0.3 is 12.4 Å². The fourth-order valence-corrected chi connectivity index (χ4v) is 1.36. The molecule has 0 N–H and O–H groups in total. The van der Waals surface area contributed by atoms with Crippen LogP contribution < -0.4 is 0 Å². The number of rotatable bonds is 0. The zero-order valence-corrected chi connectivity index (χ0v) is 8.46. The Bertz CT molecular complexity index is 364. The van der Waals surface area contributed by atoms with Gasteiger partial charge in [0.25, 0.3) is 0 Å². The van der Waals surface area contributed by atoms with E-state index in [1.807, 2.05) is 0 Å². The summed E-state index contributed by atoms with van der Waals surface area (Å²) in [6, 6.07) is 1.72. The van der Waals surface area contributed by atoms with Gasteiger partial charge in [-0.3, -0.25) is 0 Å². The van der Waals surface area contributed by atoms with E-state index in [1.165, 1.54) is 0 Å². The SMILES string of the molecule is FC(F)(F)c1ccc(Br)cc1C(F)(F)F. The molecule has 1 rings (SSSR count). The molecule has 15 heavy (non-hydrogen) atoms. The maximum atomic E-state index is 12.2. The number of halogens is 7. The summed E-state index contributed by atoms with van der Waals surface area (Å²) in [5, 5.41) is 0. The summed E-state index contributed by atoms with van der Waals surface area (Å²) in [5.74, 6) is 0. The number of alkyl halides is 6. The maximum Gasteiger partial charge on any atom is 0.417 e. The zero-order valence-electron chi connectivity index (χ0n) is 6.88. The van der Waals surface area contributed by atoms with Crippen molar-refractivity contribution in [3.8, 4) is 0 Å². The summed E-state index contributed by atoms with van der Waals surface area (Å²) in [4.78, 5) is 0. The molecular weight excluding hydrogens is 290 g/mol. The van der Waals surface area contributed by atoms with E-state index in [0.717, 1.165) is 6.07 Å². The zero-order chi connectivity index (χ0) is 11.9. The Morgan fingerprint density at radius 3 is 1.67 bits per heavy atom. The van der Waals surface area contributed by atoms with Crippen LogP contribution in [-0.2, 0) is 12.4 Å². The molecule has 0 atom stereocenters. The van der Waals surface area contributed by atoms with E-state index in [4.69, 9.17) is 0 Å². The van der Waals surface area contributed by atoms with Crippen LogP contribution in [0.1, 0.15) is 11.1 Å². The fourth-order valence-electron chi connectivity index (χ4n) is 0.998. The first-order valence-electron chi connectivity index (χ1n) is 3.56. The van der Waals surface area contributed by atoms with Crippen LogP contribution in [-0.4, -0.2) is 0 Å². The van der Waals surface area contributed by atoms with Crippen molar-refractivity contribution in [3.63, 3.8) is 0 Å². The lowest BCUT2D eigenvalue weighted by Gasteiger charge is -2.15. The Balaban J connectivity index is 3.41. The summed E-state index contributed by atoms with van der Waals surface area (Å²) in [6.07, 6.45) is -10.0. The lowest BCUT2D eigenvalue weighted by Crippen LogP contribution is -2.16. The molecule has 0 bridgehead atoms. The minimum Gasteiger partial charge on any atom is -0.166 e. The summed E-state index contributed by atoms with van der Waals surface area (Å²) in [5.41, 5.74) is -3.37. The topological polar surface area (TPSA) is 0 Å². The Labute approximate surface area is 89.0 Å². The van der Waals surface area contributed by atoms with Gasteiger partial charge in [-0.2, -0.15) is 26.3 Å². The monoisotopic (exact) mass is 292 g/mol. The van der Waals surface area contributed by atoms with Crippen LogP contribution in [0.2, 0.25) is 0 Å². The van der Waals surface area contributed by atoms with Gasteiger partial charge < -0.3 is 0 Å². The molecule has 1 aromatic carbocycles. The van der Waals surface area contributed by atoms with Crippen molar-refractivity contribution in [1.82, 2.24) is 0 Å². The van der Waals surface area contributed by atoms with Crippen molar-refractivity contribution >= 4 is 15.9 Å². The van der Waals surface area contributed by atoms with Gasteiger partial charge in [0.1, 0.15) is 0 Å². The number of benzene rings is 1. The second-order valence-corrected chi connectivity index (χ2v) is 3.60. The quantitative estimate of drug-likeness (QED) is 0.618. The van der Waals surface area contributed by atoms with E-state index in [2.05, 4.69) is 15.9 Å². The molecule has 0 radical (unpaired) electrons. The minimum atomic E-state index is -5.02. The molecule has 0 heterocycles. The minimum absolute atomic E-state index is 0.0529. The number of hydrogen-bond donors (Lipinski definition) is 0. The highest BCUT2D eigenvalue weighted by Crippen LogP contribution is 2.41. The largest absolute Gasteiger partial charge is 0.417 e. The van der Waals surface area contributed by atoms with Crippen LogP contribution in [0, 0.1) is 0 Å². The van der Waals surface area contributed by atoms with Crippen molar-refractivity contribution in [2.45, 2.75) is 12.4 Å².